The van der Waals surface area contributed by atoms with Gasteiger partial charge in [-0.1, -0.05) is 0 Å². The van der Waals surface area contributed by atoms with E-state index in [1.54, 1.807) is 6.92 Å². The maximum atomic E-state index is 10.5. The molecule has 0 aliphatic rings. The van der Waals surface area contributed by atoms with E-state index in [0.717, 1.165) is 0 Å². The van der Waals surface area contributed by atoms with Crippen molar-refractivity contribution in [3.05, 3.63) is 0 Å². The zero-order chi connectivity index (χ0) is 8.15. The van der Waals surface area contributed by atoms with Gasteiger partial charge in [0.2, 0.25) is 5.78 Å². The topological polar surface area (TPSA) is 66.4 Å². The number of hydrogen-bond acceptors (Lipinski definition) is 3. The maximum absolute atomic E-state index is 10.5. The third-order valence-electron chi connectivity index (χ3n) is 0.971. The van der Waals surface area contributed by atoms with Crippen molar-refractivity contribution in [1.82, 2.24) is 5.32 Å². The van der Waals surface area contributed by atoms with E-state index >= 15 is 0 Å². The second-order valence-electron chi connectivity index (χ2n) is 2.11. The normalized spacial score (nSPS) is 12.3. The van der Waals surface area contributed by atoms with Crippen molar-refractivity contribution >= 4 is 11.7 Å². The quantitative estimate of drug-likeness (QED) is 0.504. The molecule has 0 saturated carbocycles. The fraction of sp³-hybridized carbons (Fsp3) is 0.667. The smallest absolute Gasteiger partial charge is 0.287 e. The number of ketones is 1. The molecule has 0 aromatic heterocycles. The van der Waals surface area contributed by atoms with Crippen molar-refractivity contribution in [2.45, 2.75) is 19.9 Å². The van der Waals surface area contributed by atoms with Crippen LogP contribution >= 0.6 is 0 Å². The summed E-state index contributed by atoms with van der Waals surface area (Å²) < 4.78 is 0. The number of amides is 1. The Morgan fingerprint density at radius 2 is 2.10 bits per heavy atom. The minimum absolute atomic E-state index is 0.154. The minimum Gasteiger partial charge on any atom is -0.394 e. The molecule has 0 aliphatic carbocycles. The van der Waals surface area contributed by atoms with Gasteiger partial charge < -0.3 is 10.4 Å². The third-order valence-corrected chi connectivity index (χ3v) is 0.971. The molecule has 0 aliphatic heterocycles. The van der Waals surface area contributed by atoms with Crippen LogP contribution in [0.15, 0.2) is 0 Å². The zero-order valence-electron chi connectivity index (χ0n) is 6.05. The van der Waals surface area contributed by atoms with E-state index in [1.807, 2.05) is 0 Å². The van der Waals surface area contributed by atoms with Crippen LogP contribution in [0.4, 0.5) is 0 Å². The molecule has 0 aromatic rings. The van der Waals surface area contributed by atoms with Gasteiger partial charge in [0.05, 0.1) is 6.61 Å². The lowest BCUT2D eigenvalue weighted by molar-refractivity contribution is -0.137. The Morgan fingerprint density at radius 3 is 2.40 bits per heavy atom. The number of Topliss-reactive ketones (excluding diaryl/α,β-unsaturated/α-hetero) is 1. The summed E-state index contributed by atoms with van der Waals surface area (Å²) in [5.74, 6) is -1.19. The molecule has 0 heterocycles. The van der Waals surface area contributed by atoms with E-state index < -0.39 is 11.7 Å². The molecular weight excluding hydrogens is 134 g/mol. The third kappa shape index (κ3) is 3.19. The lowest BCUT2D eigenvalue weighted by atomic mass is 10.3. The Hall–Kier alpha value is -0.900. The second kappa shape index (κ2) is 4.00. The largest absolute Gasteiger partial charge is 0.394 e. The van der Waals surface area contributed by atoms with Crippen LogP contribution in [0.5, 0.6) is 0 Å². The molecule has 58 valence electrons. The van der Waals surface area contributed by atoms with Gasteiger partial charge in [0, 0.05) is 13.0 Å². The molecule has 10 heavy (non-hydrogen) atoms. The van der Waals surface area contributed by atoms with E-state index in [1.165, 1.54) is 6.92 Å². The van der Waals surface area contributed by atoms with Crippen LogP contribution in [-0.2, 0) is 9.59 Å². The molecule has 4 nitrogen and oxygen atoms in total. The highest BCUT2D eigenvalue weighted by molar-refractivity contribution is 6.35. The first kappa shape index (κ1) is 9.10. The van der Waals surface area contributed by atoms with Gasteiger partial charge in [-0.15, -0.1) is 0 Å². The van der Waals surface area contributed by atoms with Gasteiger partial charge in [0.15, 0.2) is 0 Å². The van der Waals surface area contributed by atoms with Gasteiger partial charge in [0.25, 0.3) is 5.91 Å². The molecule has 0 radical (unpaired) electrons. The molecule has 2 N–H and O–H groups in total. The highest BCUT2D eigenvalue weighted by Gasteiger charge is 2.09. The van der Waals surface area contributed by atoms with E-state index in [4.69, 9.17) is 5.11 Å². The monoisotopic (exact) mass is 145 g/mol. The van der Waals surface area contributed by atoms with Crippen LogP contribution in [0, 0.1) is 0 Å². The summed E-state index contributed by atoms with van der Waals surface area (Å²) in [5.41, 5.74) is 0. The molecular formula is C6H11NO3. The van der Waals surface area contributed by atoms with Gasteiger partial charge in [-0.2, -0.15) is 0 Å². The van der Waals surface area contributed by atoms with Crippen LogP contribution in [-0.4, -0.2) is 29.4 Å². The summed E-state index contributed by atoms with van der Waals surface area (Å²) in [7, 11) is 0. The molecule has 0 rings (SSSR count). The molecule has 0 bridgehead atoms. The van der Waals surface area contributed by atoms with Crippen molar-refractivity contribution in [2.75, 3.05) is 6.61 Å². The molecule has 0 spiro atoms. The van der Waals surface area contributed by atoms with E-state index in [9.17, 15) is 9.59 Å². The first-order valence-electron chi connectivity index (χ1n) is 3.00. The highest BCUT2D eigenvalue weighted by atomic mass is 16.3. The van der Waals surface area contributed by atoms with Gasteiger partial charge in [0.1, 0.15) is 0 Å². The Balaban J connectivity index is 3.68. The summed E-state index contributed by atoms with van der Waals surface area (Å²) in [5, 5.41) is 10.7. The summed E-state index contributed by atoms with van der Waals surface area (Å²) >= 11 is 0. The number of rotatable bonds is 3. The number of aliphatic hydroxyl groups excluding tert-OH is 1. The molecule has 1 amide bonds. The lowest BCUT2D eigenvalue weighted by Gasteiger charge is -2.07. The van der Waals surface area contributed by atoms with Crippen LogP contribution < -0.4 is 5.32 Å². The van der Waals surface area contributed by atoms with Gasteiger partial charge in [-0.3, -0.25) is 9.59 Å². The first-order valence-corrected chi connectivity index (χ1v) is 3.00. The summed E-state index contributed by atoms with van der Waals surface area (Å²) in [6, 6.07) is -0.351. The summed E-state index contributed by atoms with van der Waals surface area (Å²) in [6.07, 6.45) is 0. The number of hydrogen-bond donors (Lipinski definition) is 2. The average molecular weight is 145 g/mol. The summed E-state index contributed by atoms with van der Waals surface area (Å²) in [6.45, 7) is 2.64. The Morgan fingerprint density at radius 1 is 1.60 bits per heavy atom. The Bertz CT molecular complexity index is 144. The fourth-order valence-corrected chi connectivity index (χ4v) is 0.371. The molecule has 0 fully saturated rings. The van der Waals surface area contributed by atoms with Crippen LogP contribution in [0.25, 0.3) is 0 Å². The Labute approximate surface area is 59.2 Å². The molecule has 0 aromatic carbocycles. The number of carbonyl (C=O) groups excluding carboxylic acids is 2. The van der Waals surface area contributed by atoms with Crippen LogP contribution in [0.3, 0.4) is 0 Å². The number of nitrogens with one attached hydrogen (secondary N) is 1. The number of aliphatic hydroxyl groups is 1. The van der Waals surface area contributed by atoms with Crippen molar-refractivity contribution < 1.29 is 14.7 Å². The van der Waals surface area contributed by atoms with E-state index in [0.29, 0.717) is 0 Å². The molecule has 4 heteroatoms. The maximum Gasteiger partial charge on any atom is 0.287 e. The highest BCUT2D eigenvalue weighted by Crippen LogP contribution is 1.78. The molecule has 0 saturated heterocycles. The standard InChI is InChI=1S/C6H11NO3/c1-4(3-8)7-6(10)5(2)9/h4,8H,3H2,1-2H3,(H,7,10). The van der Waals surface area contributed by atoms with Crippen LogP contribution in [0.1, 0.15) is 13.8 Å². The Kier molecular flexibility index (Phi) is 3.64. The SMILES string of the molecule is CC(=O)C(=O)NC(C)CO. The molecule has 1 atom stereocenters. The van der Waals surface area contributed by atoms with Crippen molar-refractivity contribution in [1.29, 1.82) is 0 Å². The average Bonchev–Trinajstić information content (AvgIpc) is 1.87. The predicted octanol–water partition coefficient (Wildman–Crippen LogP) is -0.928. The van der Waals surface area contributed by atoms with Crippen molar-refractivity contribution in [2.24, 2.45) is 0 Å². The second-order valence-corrected chi connectivity index (χ2v) is 2.11. The fourth-order valence-electron chi connectivity index (χ4n) is 0.371. The van der Waals surface area contributed by atoms with Gasteiger partial charge in [-0.25, -0.2) is 0 Å². The van der Waals surface area contributed by atoms with Crippen molar-refractivity contribution in [3.63, 3.8) is 0 Å². The number of carbonyl (C=O) groups is 2. The molecule has 1 unspecified atom stereocenters. The van der Waals surface area contributed by atoms with Gasteiger partial charge in [-0.05, 0) is 6.92 Å². The van der Waals surface area contributed by atoms with Crippen molar-refractivity contribution in [3.8, 4) is 0 Å². The van der Waals surface area contributed by atoms with Crippen LogP contribution in [0.2, 0.25) is 0 Å². The lowest BCUT2D eigenvalue weighted by Crippen LogP contribution is -2.38. The summed E-state index contributed by atoms with van der Waals surface area (Å²) in [4.78, 5) is 20.8. The van der Waals surface area contributed by atoms with E-state index in [-0.39, 0.29) is 12.6 Å². The first-order chi connectivity index (χ1) is 4.57. The predicted molar refractivity (Wildman–Crippen MR) is 35.4 cm³/mol. The minimum atomic E-state index is -0.651. The zero-order valence-corrected chi connectivity index (χ0v) is 6.05. The van der Waals surface area contributed by atoms with E-state index in [2.05, 4.69) is 5.32 Å². The van der Waals surface area contributed by atoms with Gasteiger partial charge >= 0.3 is 0 Å².